The van der Waals surface area contributed by atoms with Gasteiger partial charge in [0.2, 0.25) is 23.6 Å². The number of nitrogens with one attached hydrogen (secondary N) is 3. The predicted octanol–water partition coefficient (Wildman–Crippen LogP) is 4.18. The van der Waals surface area contributed by atoms with Crippen LogP contribution in [0.2, 0.25) is 0 Å². The predicted molar refractivity (Wildman–Crippen MR) is 214 cm³/mol. The quantitative estimate of drug-likeness (QED) is 0.319. The van der Waals surface area contributed by atoms with Crippen molar-refractivity contribution in [3.8, 4) is 5.75 Å². The molecule has 55 heavy (non-hydrogen) atoms. The fourth-order valence-electron chi connectivity index (χ4n) is 7.30. The Bertz CT molecular complexity index is 1530. The van der Waals surface area contributed by atoms with Gasteiger partial charge >= 0.3 is 5.97 Å². The lowest BCUT2D eigenvalue weighted by Gasteiger charge is -2.35. The minimum atomic E-state index is -1.04. The first kappa shape index (κ1) is 44.1. The molecule has 13 nitrogen and oxygen atoms in total. The number of aliphatic hydroxyl groups excluding tert-OH is 1. The molecule has 1 aromatic carbocycles. The Balaban J connectivity index is 1.61. The van der Waals surface area contributed by atoms with E-state index in [-0.39, 0.29) is 42.5 Å². The minimum Gasteiger partial charge on any atom is -0.497 e. The standard InChI is InChI=1S/C41H63N5O8S/c1-9-25(3)36-39(51)46-18-10-11-32(46)40(52)54-33(41(5,6)7)20-24(2)19-29(47)22-35-43-28(23-55-35)14-17-34(48)44-31(38(50)42-26(4)37(49)45-36)21-27-12-15-30(53-8)16-13-27/h12-13,15-16,24-26,28-29,31-33,36,47H,9-11,14,17-23H2,1-8H3,(H,42,50)(H,44,48)(H,45,49)/t24-,25-,26-,28+,29-,31-,32-,33-,36-/m0/s1. The molecule has 0 radical (unpaired) electrons. The SMILES string of the molecule is CC[C@H](C)[C@@H]1NC(=O)[C@H](C)NC(=O)[C@H](Cc2ccc(OC)cc2)NC(=O)CC[C@@H]2CSC(=N2)C[C@@H](O)C[C@H](C)C[C@@H](C(C)(C)C)OC(=O)[C@@H]2CCCN2C1=O. The third kappa shape index (κ3) is 12.7. The van der Waals surface area contributed by atoms with Gasteiger partial charge in [0.1, 0.15) is 36.0 Å². The van der Waals surface area contributed by atoms with Crippen molar-refractivity contribution in [2.75, 3.05) is 19.4 Å². The summed E-state index contributed by atoms with van der Waals surface area (Å²) in [5.41, 5.74) is 0.393. The highest BCUT2D eigenvalue weighted by Gasteiger charge is 2.42. The van der Waals surface area contributed by atoms with Crippen LogP contribution in [-0.2, 0) is 35.1 Å². The van der Waals surface area contributed by atoms with Crippen molar-refractivity contribution in [1.82, 2.24) is 20.9 Å². The maximum Gasteiger partial charge on any atom is 0.329 e. The first-order chi connectivity index (χ1) is 26.0. The Labute approximate surface area is 330 Å². The third-order valence-electron chi connectivity index (χ3n) is 11.0. The van der Waals surface area contributed by atoms with Gasteiger partial charge in [-0.15, -0.1) is 11.8 Å². The highest BCUT2D eigenvalue weighted by atomic mass is 32.2. The second-order valence-electron chi connectivity index (χ2n) is 16.7. The summed E-state index contributed by atoms with van der Waals surface area (Å²) in [4.78, 5) is 75.2. The molecule has 3 heterocycles. The molecule has 0 aromatic heterocycles. The number of amides is 4. The number of esters is 1. The number of thioether (sulfide) groups is 1. The van der Waals surface area contributed by atoms with Gasteiger partial charge in [-0.1, -0.05) is 60.1 Å². The van der Waals surface area contributed by atoms with Crippen LogP contribution in [0, 0.1) is 17.3 Å². The Morgan fingerprint density at radius 2 is 1.73 bits per heavy atom. The zero-order valence-electron chi connectivity index (χ0n) is 33.9. The first-order valence-corrected chi connectivity index (χ1v) is 20.9. The summed E-state index contributed by atoms with van der Waals surface area (Å²) in [6.07, 6.45) is 2.80. The zero-order chi connectivity index (χ0) is 40.4. The third-order valence-corrected chi connectivity index (χ3v) is 12.1. The summed E-state index contributed by atoms with van der Waals surface area (Å²) in [6.45, 7) is 13.8. The van der Waals surface area contributed by atoms with Crippen molar-refractivity contribution < 1.29 is 38.6 Å². The van der Waals surface area contributed by atoms with Gasteiger partial charge in [-0.25, -0.2) is 4.79 Å². The van der Waals surface area contributed by atoms with Gasteiger partial charge in [0, 0.05) is 31.6 Å². The molecule has 3 aliphatic heterocycles. The van der Waals surface area contributed by atoms with Crippen LogP contribution in [0.15, 0.2) is 29.3 Å². The highest BCUT2D eigenvalue weighted by molar-refractivity contribution is 8.14. The number of nitrogens with zero attached hydrogens (tertiary/aromatic N) is 2. The number of aliphatic imine (C=N–C) groups is 1. The Morgan fingerprint density at radius 1 is 1.02 bits per heavy atom. The second-order valence-corrected chi connectivity index (χ2v) is 17.8. The van der Waals surface area contributed by atoms with Gasteiger partial charge in [0.15, 0.2) is 0 Å². The monoisotopic (exact) mass is 785 g/mol. The van der Waals surface area contributed by atoms with Crippen LogP contribution in [0.1, 0.15) is 105 Å². The number of ether oxygens (including phenoxy) is 2. The van der Waals surface area contributed by atoms with Crippen molar-refractivity contribution in [2.24, 2.45) is 22.2 Å². The van der Waals surface area contributed by atoms with Crippen molar-refractivity contribution in [3.05, 3.63) is 29.8 Å². The van der Waals surface area contributed by atoms with E-state index in [1.54, 1.807) is 31.0 Å². The van der Waals surface area contributed by atoms with Crippen LogP contribution >= 0.6 is 11.8 Å². The molecule has 4 amide bonds. The molecule has 0 saturated carbocycles. The van der Waals surface area contributed by atoms with Crippen molar-refractivity contribution >= 4 is 46.4 Å². The smallest absolute Gasteiger partial charge is 0.329 e. The topological polar surface area (TPSA) is 176 Å². The fraction of sp³-hybridized carbons (Fsp3) is 0.707. The number of rotatable bonds is 5. The van der Waals surface area contributed by atoms with Crippen LogP contribution in [0.3, 0.4) is 0 Å². The zero-order valence-corrected chi connectivity index (χ0v) is 34.7. The van der Waals surface area contributed by atoms with E-state index in [0.29, 0.717) is 63.0 Å². The Morgan fingerprint density at radius 3 is 2.38 bits per heavy atom. The van der Waals surface area contributed by atoms with E-state index in [9.17, 15) is 29.1 Å². The Hall–Kier alpha value is -3.65. The fourth-order valence-corrected chi connectivity index (χ4v) is 8.46. The van der Waals surface area contributed by atoms with E-state index in [1.807, 2.05) is 53.7 Å². The van der Waals surface area contributed by atoms with Crippen molar-refractivity contribution in [3.63, 3.8) is 0 Å². The number of hydrogen-bond acceptors (Lipinski definition) is 10. The van der Waals surface area contributed by atoms with Crippen LogP contribution in [0.5, 0.6) is 5.75 Å². The van der Waals surface area contributed by atoms with Crippen LogP contribution in [-0.4, -0.2) is 106 Å². The molecule has 1 fully saturated rings. The number of aliphatic hydroxyl groups is 1. The summed E-state index contributed by atoms with van der Waals surface area (Å²) in [6, 6.07) is 3.33. The molecule has 0 unspecified atom stereocenters. The molecule has 0 aliphatic carbocycles. The van der Waals surface area contributed by atoms with Crippen LogP contribution in [0.4, 0.5) is 0 Å². The average molecular weight is 786 g/mol. The lowest BCUT2D eigenvalue weighted by molar-refractivity contribution is -0.164. The lowest BCUT2D eigenvalue weighted by Crippen LogP contribution is -2.59. The maximum absolute atomic E-state index is 14.2. The number of fused-ring (bicyclic) bond motifs is 2. The number of carbonyl (C=O) groups is 5. The normalized spacial score (nSPS) is 30.5. The van der Waals surface area contributed by atoms with Crippen molar-refractivity contribution in [1.29, 1.82) is 0 Å². The summed E-state index contributed by atoms with van der Waals surface area (Å²) < 4.78 is 11.5. The molecule has 2 bridgehead atoms. The maximum atomic E-state index is 14.2. The van der Waals surface area contributed by atoms with Crippen LogP contribution in [0.25, 0.3) is 0 Å². The summed E-state index contributed by atoms with van der Waals surface area (Å²) in [5, 5.41) is 20.4. The van der Waals surface area contributed by atoms with E-state index in [4.69, 9.17) is 14.5 Å². The van der Waals surface area contributed by atoms with Gasteiger partial charge in [0.25, 0.3) is 0 Å². The van der Waals surface area contributed by atoms with Crippen LogP contribution < -0.4 is 20.7 Å². The van der Waals surface area contributed by atoms with Gasteiger partial charge < -0.3 is 35.4 Å². The number of benzene rings is 1. The second kappa shape index (κ2) is 20.0. The molecular weight excluding hydrogens is 723 g/mol. The van der Waals surface area contributed by atoms with Gasteiger partial charge in [-0.2, -0.15) is 0 Å². The summed E-state index contributed by atoms with van der Waals surface area (Å²) in [7, 11) is 1.56. The average Bonchev–Trinajstić information content (AvgIpc) is 3.81. The molecule has 1 aromatic rings. The van der Waals surface area contributed by atoms with E-state index in [1.165, 1.54) is 11.8 Å². The molecule has 9 atom stereocenters. The number of hydrogen-bond donors (Lipinski definition) is 4. The summed E-state index contributed by atoms with van der Waals surface area (Å²) >= 11 is 1.59. The van der Waals surface area contributed by atoms with Gasteiger partial charge in [-0.3, -0.25) is 24.2 Å². The first-order valence-electron chi connectivity index (χ1n) is 19.9. The number of carbonyl (C=O) groups excluding carboxylic acids is 5. The van der Waals surface area contributed by atoms with E-state index >= 15 is 0 Å². The van der Waals surface area contributed by atoms with Crippen molar-refractivity contribution in [2.45, 2.75) is 149 Å². The molecule has 3 aliphatic rings. The van der Waals surface area contributed by atoms with E-state index < -0.39 is 59.6 Å². The molecule has 4 N–H and O–H groups in total. The minimum absolute atomic E-state index is 0.0310. The highest BCUT2D eigenvalue weighted by Crippen LogP contribution is 2.32. The Kier molecular flexibility index (Phi) is 16.0. The van der Waals surface area contributed by atoms with Gasteiger partial charge in [0.05, 0.1) is 24.3 Å². The molecule has 306 valence electrons. The molecule has 14 heteroatoms. The molecule has 1 saturated heterocycles. The molecule has 0 spiro atoms. The molecule has 4 rings (SSSR count). The number of cyclic esters (lactones) is 1. The largest absolute Gasteiger partial charge is 0.497 e. The van der Waals surface area contributed by atoms with E-state index in [2.05, 4.69) is 16.0 Å². The molecular formula is C41H63N5O8S. The van der Waals surface area contributed by atoms with Gasteiger partial charge in [-0.05, 0) is 74.0 Å². The van der Waals surface area contributed by atoms with E-state index in [0.717, 1.165) is 10.6 Å². The number of methoxy groups -OCH3 is 1. The lowest BCUT2D eigenvalue weighted by atomic mass is 9.82. The summed E-state index contributed by atoms with van der Waals surface area (Å²) in [5.74, 6) is -1.12.